The minimum Gasteiger partial charge on any atom is -0.390 e. The number of nitrogens with zero attached hydrogens (tertiary/aromatic N) is 2. The summed E-state index contributed by atoms with van der Waals surface area (Å²) in [5.41, 5.74) is 2.21. The van der Waals surface area contributed by atoms with Gasteiger partial charge in [0.15, 0.2) is 0 Å². The second kappa shape index (κ2) is 11.1. The molecule has 1 saturated carbocycles. The van der Waals surface area contributed by atoms with Crippen LogP contribution >= 0.6 is 0 Å². The van der Waals surface area contributed by atoms with Crippen LogP contribution in [0.3, 0.4) is 0 Å². The van der Waals surface area contributed by atoms with Crippen molar-refractivity contribution in [3.8, 4) is 5.69 Å². The molecule has 1 heterocycles. The summed E-state index contributed by atoms with van der Waals surface area (Å²) in [4.78, 5) is 16.0. The third kappa shape index (κ3) is 6.32. The van der Waals surface area contributed by atoms with Gasteiger partial charge in [0.2, 0.25) is 5.91 Å². The number of carbonyl (C=O) groups excluding carboxylic acids is 1. The Morgan fingerprint density at radius 1 is 1.14 bits per heavy atom. The van der Waals surface area contributed by atoms with Crippen LogP contribution in [0, 0.1) is 11.6 Å². The standard InChI is InChI=1S/C27H32F2N4O2/c1-19(34)32-25(14-20-12-22(28)16-23(29)13-20)26(35)17-31-27(8-3-2-4-9-27)21-6-5-7-24(15-21)33-11-10-30-18-33/h5-7,10-13,15-16,18,25-26,31,35H,2-4,8-9,14,17H2,1H3,(H,32,34)/t25-,26+/m0/s1. The molecule has 1 aromatic heterocycles. The van der Waals surface area contributed by atoms with Gasteiger partial charge < -0.3 is 20.3 Å². The lowest BCUT2D eigenvalue weighted by Gasteiger charge is -2.40. The van der Waals surface area contributed by atoms with Crippen molar-refractivity contribution in [2.75, 3.05) is 6.54 Å². The quantitative estimate of drug-likeness (QED) is 0.431. The molecule has 3 N–H and O–H groups in total. The van der Waals surface area contributed by atoms with Crippen LogP contribution in [0.15, 0.2) is 61.2 Å². The maximum absolute atomic E-state index is 13.7. The van der Waals surface area contributed by atoms with E-state index in [0.29, 0.717) is 5.56 Å². The average Bonchev–Trinajstić information content (AvgIpc) is 3.37. The Morgan fingerprint density at radius 2 is 1.89 bits per heavy atom. The first-order valence-corrected chi connectivity index (χ1v) is 12.1. The van der Waals surface area contributed by atoms with Crippen molar-refractivity contribution in [3.05, 3.63) is 83.9 Å². The smallest absolute Gasteiger partial charge is 0.217 e. The highest BCUT2D eigenvalue weighted by atomic mass is 19.1. The molecular weight excluding hydrogens is 450 g/mol. The summed E-state index contributed by atoms with van der Waals surface area (Å²) in [6.45, 7) is 1.58. The molecule has 1 aliphatic rings. The Labute approximate surface area is 204 Å². The maximum Gasteiger partial charge on any atom is 0.217 e. The lowest BCUT2D eigenvalue weighted by atomic mass is 9.76. The molecule has 1 fully saturated rings. The molecule has 186 valence electrons. The predicted molar refractivity (Wildman–Crippen MR) is 130 cm³/mol. The summed E-state index contributed by atoms with van der Waals surface area (Å²) in [6.07, 6.45) is 9.69. The van der Waals surface area contributed by atoms with E-state index in [1.165, 1.54) is 19.1 Å². The van der Waals surface area contributed by atoms with Gasteiger partial charge in [-0.05, 0) is 54.7 Å². The first kappa shape index (κ1) is 25.0. The lowest BCUT2D eigenvalue weighted by Crippen LogP contribution is -2.53. The van der Waals surface area contributed by atoms with Crippen LogP contribution in [0.2, 0.25) is 0 Å². The van der Waals surface area contributed by atoms with Crippen LogP contribution in [0.25, 0.3) is 5.69 Å². The zero-order valence-corrected chi connectivity index (χ0v) is 19.9. The summed E-state index contributed by atoms with van der Waals surface area (Å²) >= 11 is 0. The molecule has 0 unspecified atom stereocenters. The number of benzene rings is 2. The van der Waals surface area contributed by atoms with Crippen LogP contribution in [0.1, 0.15) is 50.2 Å². The van der Waals surface area contributed by atoms with E-state index in [0.717, 1.165) is 49.4 Å². The van der Waals surface area contributed by atoms with E-state index in [1.54, 1.807) is 12.5 Å². The van der Waals surface area contributed by atoms with Gasteiger partial charge in [0.25, 0.3) is 0 Å². The van der Waals surface area contributed by atoms with E-state index in [-0.39, 0.29) is 24.4 Å². The van der Waals surface area contributed by atoms with E-state index >= 15 is 0 Å². The Balaban J connectivity index is 1.53. The minimum atomic E-state index is -0.958. The van der Waals surface area contributed by atoms with E-state index in [9.17, 15) is 18.7 Å². The third-order valence-electron chi connectivity index (χ3n) is 6.79. The largest absolute Gasteiger partial charge is 0.390 e. The van der Waals surface area contributed by atoms with Crippen molar-refractivity contribution < 1.29 is 18.7 Å². The van der Waals surface area contributed by atoms with Gasteiger partial charge in [0.05, 0.1) is 18.5 Å². The molecule has 6 nitrogen and oxygen atoms in total. The van der Waals surface area contributed by atoms with Gasteiger partial charge in [0.1, 0.15) is 11.6 Å². The van der Waals surface area contributed by atoms with Gasteiger partial charge in [0, 0.05) is 43.2 Å². The van der Waals surface area contributed by atoms with Crippen molar-refractivity contribution in [2.45, 2.75) is 63.1 Å². The second-order valence-electron chi connectivity index (χ2n) is 9.40. The molecule has 35 heavy (non-hydrogen) atoms. The van der Waals surface area contributed by atoms with Crippen molar-refractivity contribution in [1.29, 1.82) is 0 Å². The fraction of sp³-hybridized carbons (Fsp3) is 0.407. The molecule has 0 spiro atoms. The van der Waals surface area contributed by atoms with Gasteiger partial charge in [-0.1, -0.05) is 31.4 Å². The SMILES string of the molecule is CC(=O)N[C@@H](Cc1cc(F)cc(F)c1)[C@H](O)CNC1(c2cccc(-n3ccnc3)c2)CCCCC1. The minimum absolute atomic E-state index is 0.111. The molecule has 0 aliphatic heterocycles. The summed E-state index contributed by atoms with van der Waals surface area (Å²) < 4.78 is 29.4. The van der Waals surface area contributed by atoms with Crippen LogP contribution in [-0.2, 0) is 16.8 Å². The molecule has 3 aromatic rings. The van der Waals surface area contributed by atoms with E-state index in [1.807, 2.05) is 22.9 Å². The topological polar surface area (TPSA) is 79.2 Å². The molecule has 2 aromatic carbocycles. The number of hydrogen-bond donors (Lipinski definition) is 3. The highest BCUT2D eigenvalue weighted by Crippen LogP contribution is 2.38. The Morgan fingerprint density at radius 3 is 2.54 bits per heavy atom. The number of hydrogen-bond acceptors (Lipinski definition) is 4. The van der Waals surface area contributed by atoms with Crippen LogP contribution < -0.4 is 10.6 Å². The molecule has 1 amide bonds. The molecule has 2 atom stereocenters. The zero-order chi connectivity index (χ0) is 24.8. The number of halogens is 2. The number of aromatic nitrogens is 2. The van der Waals surface area contributed by atoms with Gasteiger partial charge >= 0.3 is 0 Å². The number of carbonyl (C=O) groups is 1. The van der Waals surface area contributed by atoms with Gasteiger partial charge in [-0.2, -0.15) is 0 Å². The number of aliphatic hydroxyl groups is 1. The fourth-order valence-electron chi connectivity index (χ4n) is 5.07. The molecule has 1 aliphatic carbocycles. The van der Waals surface area contributed by atoms with Crippen molar-refractivity contribution in [3.63, 3.8) is 0 Å². The number of aliphatic hydroxyl groups excluding tert-OH is 1. The first-order valence-electron chi connectivity index (χ1n) is 12.1. The van der Waals surface area contributed by atoms with Crippen molar-refractivity contribution in [1.82, 2.24) is 20.2 Å². The number of amides is 1. The molecule has 0 radical (unpaired) electrons. The molecule has 0 bridgehead atoms. The van der Waals surface area contributed by atoms with Crippen LogP contribution in [-0.4, -0.2) is 39.3 Å². The molecule has 8 heteroatoms. The second-order valence-corrected chi connectivity index (χ2v) is 9.40. The molecule has 4 rings (SSSR count). The molecule has 0 saturated heterocycles. The summed E-state index contributed by atoms with van der Waals surface area (Å²) in [5.74, 6) is -1.69. The number of imidazole rings is 1. The number of rotatable bonds is 9. The summed E-state index contributed by atoms with van der Waals surface area (Å²) in [5, 5.41) is 17.4. The fourth-order valence-corrected chi connectivity index (χ4v) is 5.07. The monoisotopic (exact) mass is 482 g/mol. The summed E-state index contributed by atoms with van der Waals surface area (Å²) in [6, 6.07) is 10.9. The van der Waals surface area contributed by atoms with Gasteiger partial charge in [-0.25, -0.2) is 13.8 Å². The van der Waals surface area contributed by atoms with Crippen LogP contribution in [0.5, 0.6) is 0 Å². The van der Waals surface area contributed by atoms with Crippen molar-refractivity contribution >= 4 is 5.91 Å². The van der Waals surface area contributed by atoms with Crippen molar-refractivity contribution in [2.24, 2.45) is 0 Å². The zero-order valence-electron chi connectivity index (χ0n) is 19.9. The van der Waals surface area contributed by atoms with Gasteiger partial charge in [-0.15, -0.1) is 0 Å². The van der Waals surface area contributed by atoms with E-state index in [2.05, 4.69) is 27.8 Å². The van der Waals surface area contributed by atoms with Crippen LogP contribution in [0.4, 0.5) is 8.78 Å². The highest BCUT2D eigenvalue weighted by molar-refractivity contribution is 5.73. The summed E-state index contributed by atoms with van der Waals surface area (Å²) in [7, 11) is 0. The third-order valence-corrected chi connectivity index (χ3v) is 6.79. The Hall–Kier alpha value is -3.10. The van der Waals surface area contributed by atoms with E-state index < -0.39 is 23.8 Å². The highest BCUT2D eigenvalue weighted by Gasteiger charge is 2.35. The van der Waals surface area contributed by atoms with E-state index in [4.69, 9.17) is 0 Å². The first-order chi connectivity index (χ1) is 16.8. The normalized spacial score (nSPS) is 17.0. The lowest BCUT2D eigenvalue weighted by molar-refractivity contribution is -0.120. The Kier molecular flexibility index (Phi) is 7.93. The average molecular weight is 483 g/mol. The molecular formula is C27H32F2N4O2. The maximum atomic E-state index is 13.7. The Bertz CT molecular complexity index is 1110. The number of nitrogens with one attached hydrogen (secondary N) is 2. The predicted octanol–water partition coefficient (Wildman–Crippen LogP) is 4.01. The van der Waals surface area contributed by atoms with Gasteiger partial charge in [-0.3, -0.25) is 4.79 Å².